The minimum atomic E-state index is -0.0146. The number of pyridine rings is 1. The van der Waals surface area contributed by atoms with Crippen molar-refractivity contribution in [3.8, 4) is 66.8 Å². The fraction of sp³-hybridized carbons (Fsp3) is 0.446. The normalized spacial score (nSPS) is 13.4. The lowest BCUT2D eigenvalue weighted by molar-refractivity contribution is -0.670. The van der Waals surface area contributed by atoms with Crippen molar-refractivity contribution in [3.05, 3.63) is 172 Å². The number of aromatic nitrogens is 1. The molecule has 1 aromatic heterocycles. The molecule has 0 saturated carbocycles. The van der Waals surface area contributed by atoms with Gasteiger partial charge in [0.2, 0.25) is 0 Å². The van der Waals surface area contributed by atoms with E-state index < -0.39 is 0 Å². The number of hydrogen-bond donors (Lipinski definition) is 0. The summed E-state index contributed by atoms with van der Waals surface area (Å²) >= 11 is 0. The van der Waals surface area contributed by atoms with Crippen molar-refractivity contribution in [1.29, 1.82) is 0 Å². The van der Waals surface area contributed by atoms with Crippen LogP contribution in [0.4, 0.5) is 0 Å². The summed E-state index contributed by atoms with van der Waals surface area (Å²) in [6.07, 6.45) is 4.64. The van der Waals surface area contributed by atoms with Crippen molar-refractivity contribution in [3.63, 3.8) is 0 Å². The predicted molar refractivity (Wildman–Crippen MR) is 330 cm³/mol. The van der Waals surface area contributed by atoms with Crippen LogP contribution in [0.2, 0.25) is 0 Å². The number of nitrogens with zero attached hydrogens (tertiary/aromatic N) is 1. The van der Waals surface area contributed by atoms with Crippen LogP contribution in [0.3, 0.4) is 0 Å². The van der Waals surface area contributed by atoms with Gasteiger partial charge < -0.3 is 0 Å². The minimum Gasteiger partial charge on any atom is -0.207 e. The number of rotatable bonds is 6. The zero-order chi connectivity index (χ0) is 56.0. The Balaban J connectivity index is 1.56. The fourth-order valence-electron chi connectivity index (χ4n) is 9.93. The first kappa shape index (κ1) is 57.2. The van der Waals surface area contributed by atoms with Crippen LogP contribution in [0.1, 0.15) is 211 Å². The predicted octanol–water partition coefficient (Wildman–Crippen LogP) is 20.9. The molecular weight excluding hydrogens is 903 g/mol. The molecule has 1 heterocycles. The highest BCUT2D eigenvalue weighted by Gasteiger charge is 2.27. The molecule has 0 aliphatic heterocycles. The summed E-state index contributed by atoms with van der Waals surface area (Å²) in [6.45, 7) is 56.2. The van der Waals surface area contributed by atoms with Crippen molar-refractivity contribution in [1.82, 2.24) is 0 Å². The maximum absolute atomic E-state index is 2.46. The zero-order valence-electron chi connectivity index (χ0n) is 51.6. The van der Waals surface area contributed by atoms with E-state index in [4.69, 9.17) is 0 Å². The summed E-state index contributed by atoms with van der Waals surface area (Å²) in [5.41, 5.74) is 25.5. The number of benzene rings is 6. The quantitative estimate of drug-likeness (QED) is 0.146. The Kier molecular flexibility index (Phi) is 14.9. The molecule has 0 amide bonds. The van der Waals surface area contributed by atoms with Gasteiger partial charge in [-0.15, -0.1) is 0 Å². The van der Waals surface area contributed by atoms with Crippen LogP contribution in [-0.2, 0) is 50.4 Å². The van der Waals surface area contributed by atoms with Gasteiger partial charge >= 0.3 is 0 Å². The van der Waals surface area contributed by atoms with Crippen LogP contribution in [0, 0.1) is 0 Å². The Morgan fingerprint density at radius 1 is 0.173 bits per heavy atom. The van der Waals surface area contributed by atoms with Crippen molar-refractivity contribution >= 4 is 0 Å². The van der Waals surface area contributed by atoms with Gasteiger partial charge in [-0.05, 0) is 186 Å². The molecule has 7 rings (SSSR count). The Hall–Kier alpha value is -5.53. The maximum atomic E-state index is 2.46. The molecule has 0 atom stereocenters. The van der Waals surface area contributed by atoms with E-state index >= 15 is 0 Å². The van der Waals surface area contributed by atoms with Gasteiger partial charge in [0, 0.05) is 11.1 Å². The summed E-state index contributed by atoms with van der Waals surface area (Å²) in [7, 11) is 2.19. The minimum absolute atomic E-state index is 0.0146. The third-order valence-corrected chi connectivity index (χ3v) is 15.5. The van der Waals surface area contributed by atoms with Crippen molar-refractivity contribution in [2.24, 2.45) is 7.05 Å². The third-order valence-electron chi connectivity index (χ3n) is 15.5. The molecule has 7 aromatic rings. The van der Waals surface area contributed by atoms with Crippen LogP contribution in [0.15, 0.2) is 128 Å². The molecule has 396 valence electrons. The van der Waals surface area contributed by atoms with Gasteiger partial charge in [0.25, 0.3) is 0 Å². The van der Waals surface area contributed by atoms with Crippen LogP contribution >= 0.6 is 0 Å². The summed E-state index contributed by atoms with van der Waals surface area (Å²) in [5.74, 6) is 0. The largest absolute Gasteiger partial charge is 0.207 e. The van der Waals surface area contributed by atoms with E-state index in [9.17, 15) is 0 Å². The highest BCUT2D eigenvalue weighted by molar-refractivity contribution is 5.86. The lowest BCUT2D eigenvalue weighted by atomic mass is 9.77. The molecule has 0 saturated heterocycles. The van der Waals surface area contributed by atoms with E-state index in [0.717, 1.165) is 0 Å². The van der Waals surface area contributed by atoms with E-state index in [2.05, 4.69) is 305 Å². The number of aryl methyl sites for hydroxylation is 1. The van der Waals surface area contributed by atoms with Gasteiger partial charge in [0.05, 0.1) is 0 Å². The van der Waals surface area contributed by atoms with Crippen molar-refractivity contribution < 1.29 is 4.57 Å². The number of hydrogen-bond acceptors (Lipinski definition) is 0. The second-order valence-corrected chi connectivity index (χ2v) is 30.8. The summed E-state index contributed by atoms with van der Waals surface area (Å²) in [6, 6.07) is 46.5. The first-order valence-corrected chi connectivity index (χ1v) is 28.0. The average molecular weight is 1000 g/mol. The Bertz CT molecular complexity index is 2720. The SMILES string of the molecule is C[n+]1cc(-c2cc(-c3cc(C(C)(C)C)cc(C(C)(C)C)c3)cc(-c3cc(C(C)(C)C)cc(C(C)(C)C)c3)c2)cc(-c2cc(-c3cc(C(C)(C)C)cc(C(C)(C)C)c3)cc(-c3cc(C(C)(C)C)cc(C(C)(C)C)c3)c2)c1. The van der Waals surface area contributed by atoms with Crippen LogP contribution < -0.4 is 4.57 Å². The first-order chi connectivity index (χ1) is 34.0. The van der Waals surface area contributed by atoms with E-state index in [1.54, 1.807) is 0 Å². The van der Waals surface area contributed by atoms with E-state index in [0.29, 0.717) is 0 Å². The third kappa shape index (κ3) is 13.4. The molecule has 0 aliphatic carbocycles. The molecule has 0 fully saturated rings. The average Bonchev–Trinajstić information content (AvgIpc) is 3.28. The smallest absolute Gasteiger partial charge is 0.176 e. The summed E-state index contributed by atoms with van der Waals surface area (Å²) in [4.78, 5) is 0. The molecule has 0 spiro atoms. The lowest BCUT2D eigenvalue weighted by Gasteiger charge is -2.27. The highest BCUT2D eigenvalue weighted by atomic mass is 14.9. The standard InChI is InChI=1S/C74H96N/c1-67(2,3)59-33-53(34-60(41-59)68(4,5)6)47-26-48(54-35-61(69(7,8)9)42-62(36-54)70(10,11)12)29-51(28-47)57-32-58(46-75(25)45-57)52-30-49(55-37-63(71(13,14)15)43-64(38-55)72(16,17)18)27-50(31-52)56-39-65(73(19,20)21)44-66(40-56)74(22,23)24/h26-46H,1-25H3/q+1. The second-order valence-electron chi connectivity index (χ2n) is 30.8. The molecular formula is C74H96N+. The highest BCUT2D eigenvalue weighted by Crippen LogP contribution is 2.43. The molecule has 0 radical (unpaired) electrons. The molecule has 1 nitrogen and oxygen atoms in total. The van der Waals surface area contributed by atoms with Crippen molar-refractivity contribution in [2.75, 3.05) is 0 Å². The molecule has 0 N–H and O–H groups in total. The molecule has 0 aliphatic rings. The van der Waals surface area contributed by atoms with E-state index in [-0.39, 0.29) is 43.3 Å². The molecule has 75 heavy (non-hydrogen) atoms. The Morgan fingerprint density at radius 3 is 0.440 bits per heavy atom. The van der Waals surface area contributed by atoms with Gasteiger partial charge in [-0.1, -0.05) is 239 Å². The van der Waals surface area contributed by atoms with Gasteiger partial charge in [-0.3, -0.25) is 0 Å². The van der Waals surface area contributed by atoms with Gasteiger partial charge in [0.1, 0.15) is 7.05 Å². The Labute approximate surface area is 457 Å². The topological polar surface area (TPSA) is 3.88 Å². The zero-order valence-corrected chi connectivity index (χ0v) is 51.6. The summed E-state index contributed by atoms with van der Waals surface area (Å²) in [5, 5.41) is 0. The van der Waals surface area contributed by atoms with Crippen LogP contribution in [0.25, 0.3) is 66.8 Å². The molecule has 1 heteroatoms. The summed E-state index contributed by atoms with van der Waals surface area (Å²) < 4.78 is 2.27. The fourth-order valence-corrected chi connectivity index (χ4v) is 9.93. The lowest BCUT2D eigenvalue weighted by Crippen LogP contribution is -2.27. The Morgan fingerprint density at radius 2 is 0.293 bits per heavy atom. The monoisotopic (exact) mass is 999 g/mol. The molecule has 0 bridgehead atoms. The molecule has 0 unspecified atom stereocenters. The van der Waals surface area contributed by atoms with Gasteiger partial charge in [-0.2, -0.15) is 0 Å². The van der Waals surface area contributed by atoms with Gasteiger partial charge in [-0.25, -0.2) is 4.57 Å². The van der Waals surface area contributed by atoms with E-state index in [1.165, 1.54) is 111 Å². The maximum Gasteiger partial charge on any atom is 0.176 e. The first-order valence-electron chi connectivity index (χ1n) is 28.0. The van der Waals surface area contributed by atoms with Gasteiger partial charge in [0.15, 0.2) is 12.4 Å². The second kappa shape index (κ2) is 19.5. The van der Waals surface area contributed by atoms with Crippen LogP contribution in [-0.4, -0.2) is 0 Å². The molecule has 6 aromatic carbocycles. The van der Waals surface area contributed by atoms with Crippen molar-refractivity contribution in [2.45, 2.75) is 209 Å². The van der Waals surface area contributed by atoms with E-state index in [1.807, 2.05) is 0 Å². The van der Waals surface area contributed by atoms with Crippen LogP contribution in [0.5, 0.6) is 0 Å².